The van der Waals surface area contributed by atoms with E-state index in [1.54, 1.807) is 30.5 Å². The third-order valence-corrected chi connectivity index (χ3v) is 3.87. The molecule has 100 valence electrons. The minimum atomic E-state index is -3.58. The van der Waals surface area contributed by atoms with E-state index in [9.17, 15) is 8.42 Å². The molecule has 0 radical (unpaired) electrons. The molecule has 19 heavy (non-hydrogen) atoms. The van der Waals surface area contributed by atoms with Crippen molar-refractivity contribution in [3.63, 3.8) is 0 Å². The van der Waals surface area contributed by atoms with E-state index >= 15 is 0 Å². The van der Waals surface area contributed by atoms with Crippen molar-refractivity contribution in [2.75, 3.05) is 0 Å². The molecule has 6 nitrogen and oxygen atoms in total. The Labute approximate surface area is 111 Å². The number of pyridine rings is 2. The maximum atomic E-state index is 12.0. The number of hydrogen-bond acceptors (Lipinski definition) is 5. The summed E-state index contributed by atoms with van der Waals surface area (Å²) < 4.78 is 26.5. The Kier molecular flexibility index (Phi) is 4.20. The summed E-state index contributed by atoms with van der Waals surface area (Å²) in [6, 6.07) is 8.39. The number of rotatable bonds is 5. The van der Waals surface area contributed by atoms with Gasteiger partial charge in [0.1, 0.15) is 4.90 Å². The summed E-state index contributed by atoms with van der Waals surface area (Å²) in [5.41, 5.74) is 6.70. The molecule has 2 heterocycles. The average Bonchev–Trinajstić information content (AvgIpc) is 2.46. The molecule has 0 aromatic carbocycles. The molecule has 0 aliphatic rings. The SMILES string of the molecule is NCc1ccc(S(=O)(=O)NCc2ccccn2)cn1. The van der Waals surface area contributed by atoms with E-state index in [1.807, 2.05) is 0 Å². The molecule has 0 spiro atoms. The minimum absolute atomic E-state index is 0.112. The van der Waals surface area contributed by atoms with E-state index in [-0.39, 0.29) is 18.0 Å². The quantitative estimate of drug-likeness (QED) is 0.825. The lowest BCUT2D eigenvalue weighted by molar-refractivity contribution is 0.580. The van der Waals surface area contributed by atoms with Gasteiger partial charge in [-0.15, -0.1) is 0 Å². The van der Waals surface area contributed by atoms with Gasteiger partial charge in [-0.05, 0) is 24.3 Å². The van der Waals surface area contributed by atoms with Crippen molar-refractivity contribution in [3.05, 3.63) is 54.1 Å². The molecule has 2 aromatic heterocycles. The van der Waals surface area contributed by atoms with Gasteiger partial charge in [0.25, 0.3) is 0 Å². The highest BCUT2D eigenvalue weighted by Crippen LogP contribution is 2.08. The van der Waals surface area contributed by atoms with E-state index in [1.165, 1.54) is 12.3 Å². The van der Waals surface area contributed by atoms with Crippen LogP contribution in [-0.2, 0) is 23.1 Å². The molecule has 0 bridgehead atoms. The Morgan fingerprint density at radius 3 is 2.53 bits per heavy atom. The van der Waals surface area contributed by atoms with Crippen molar-refractivity contribution in [3.8, 4) is 0 Å². The summed E-state index contributed by atoms with van der Waals surface area (Å²) in [7, 11) is -3.58. The number of nitrogens with zero attached hydrogens (tertiary/aromatic N) is 2. The Morgan fingerprint density at radius 1 is 1.11 bits per heavy atom. The molecule has 2 aromatic rings. The van der Waals surface area contributed by atoms with Crippen LogP contribution in [0.15, 0.2) is 47.6 Å². The summed E-state index contributed by atoms with van der Waals surface area (Å²) in [6.45, 7) is 0.420. The van der Waals surface area contributed by atoms with E-state index in [0.717, 1.165) is 0 Å². The number of sulfonamides is 1. The van der Waals surface area contributed by atoms with Crippen LogP contribution in [0, 0.1) is 0 Å². The minimum Gasteiger partial charge on any atom is -0.325 e. The largest absolute Gasteiger partial charge is 0.325 e. The summed E-state index contributed by atoms with van der Waals surface area (Å²) in [6.07, 6.45) is 2.91. The van der Waals surface area contributed by atoms with Crippen LogP contribution in [-0.4, -0.2) is 18.4 Å². The second-order valence-electron chi connectivity index (χ2n) is 3.83. The third kappa shape index (κ3) is 3.57. The van der Waals surface area contributed by atoms with E-state index in [2.05, 4.69) is 14.7 Å². The highest BCUT2D eigenvalue weighted by Gasteiger charge is 2.14. The molecule has 0 unspecified atom stereocenters. The Hall–Kier alpha value is -1.83. The highest BCUT2D eigenvalue weighted by molar-refractivity contribution is 7.89. The van der Waals surface area contributed by atoms with Crippen LogP contribution in [0.1, 0.15) is 11.4 Å². The Balaban J connectivity index is 2.09. The molecule has 0 saturated carbocycles. The summed E-state index contributed by atoms with van der Waals surface area (Å²) >= 11 is 0. The van der Waals surface area contributed by atoms with Crippen LogP contribution in [0.25, 0.3) is 0 Å². The molecular weight excluding hydrogens is 264 g/mol. The summed E-state index contributed by atoms with van der Waals surface area (Å²) in [5.74, 6) is 0. The van der Waals surface area contributed by atoms with E-state index < -0.39 is 10.0 Å². The van der Waals surface area contributed by atoms with Gasteiger partial charge in [-0.25, -0.2) is 13.1 Å². The van der Waals surface area contributed by atoms with Gasteiger partial charge in [-0.3, -0.25) is 9.97 Å². The first-order valence-electron chi connectivity index (χ1n) is 5.66. The second kappa shape index (κ2) is 5.87. The topological polar surface area (TPSA) is 98.0 Å². The van der Waals surface area contributed by atoms with Crippen molar-refractivity contribution in [1.29, 1.82) is 0 Å². The molecule has 2 rings (SSSR count). The van der Waals surface area contributed by atoms with E-state index in [4.69, 9.17) is 5.73 Å². The zero-order valence-corrected chi connectivity index (χ0v) is 11.0. The molecular formula is C12H14N4O2S. The Morgan fingerprint density at radius 2 is 1.95 bits per heavy atom. The summed E-state index contributed by atoms with van der Waals surface area (Å²) in [4.78, 5) is 8.11. The van der Waals surface area contributed by atoms with Crippen LogP contribution in [0.2, 0.25) is 0 Å². The molecule has 0 amide bonds. The van der Waals surface area contributed by atoms with Gasteiger partial charge in [0.05, 0.1) is 17.9 Å². The smallest absolute Gasteiger partial charge is 0.242 e. The number of nitrogens with two attached hydrogens (primary N) is 1. The molecule has 0 saturated heterocycles. The maximum Gasteiger partial charge on any atom is 0.242 e. The van der Waals surface area contributed by atoms with Crippen LogP contribution in [0.3, 0.4) is 0 Å². The summed E-state index contributed by atoms with van der Waals surface area (Å²) in [5, 5.41) is 0. The van der Waals surface area contributed by atoms with Gasteiger partial charge in [-0.2, -0.15) is 0 Å². The second-order valence-corrected chi connectivity index (χ2v) is 5.60. The number of hydrogen-bond donors (Lipinski definition) is 2. The number of nitrogens with one attached hydrogen (secondary N) is 1. The van der Waals surface area contributed by atoms with Crippen molar-refractivity contribution in [1.82, 2.24) is 14.7 Å². The fraction of sp³-hybridized carbons (Fsp3) is 0.167. The fourth-order valence-corrected chi connectivity index (χ4v) is 2.39. The predicted molar refractivity (Wildman–Crippen MR) is 70.4 cm³/mol. The van der Waals surface area contributed by atoms with Crippen molar-refractivity contribution in [2.45, 2.75) is 18.0 Å². The molecule has 0 atom stereocenters. The van der Waals surface area contributed by atoms with Gasteiger partial charge < -0.3 is 5.73 Å². The highest BCUT2D eigenvalue weighted by atomic mass is 32.2. The van der Waals surface area contributed by atoms with E-state index in [0.29, 0.717) is 11.4 Å². The van der Waals surface area contributed by atoms with Gasteiger partial charge in [0.15, 0.2) is 0 Å². The van der Waals surface area contributed by atoms with Gasteiger partial charge in [0.2, 0.25) is 10.0 Å². The molecule has 0 aliphatic carbocycles. The monoisotopic (exact) mass is 278 g/mol. The van der Waals surface area contributed by atoms with Crippen LogP contribution < -0.4 is 10.5 Å². The van der Waals surface area contributed by atoms with Crippen molar-refractivity contribution >= 4 is 10.0 Å². The van der Waals surface area contributed by atoms with Gasteiger partial charge >= 0.3 is 0 Å². The van der Waals surface area contributed by atoms with Crippen LogP contribution in [0.5, 0.6) is 0 Å². The fourth-order valence-electron chi connectivity index (χ4n) is 1.45. The normalized spacial score (nSPS) is 11.4. The molecule has 0 aliphatic heterocycles. The van der Waals surface area contributed by atoms with Crippen LogP contribution >= 0.6 is 0 Å². The zero-order valence-electron chi connectivity index (χ0n) is 10.2. The van der Waals surface area contributed by atoms with Gasteiger partial charge in [-0.1, -0.05) is 6.07 Å². The first-order valence-corrected chi connectivity index (χ1v) is 7.15. The molecule has 3 N–H and O–H groups in total. The first-order chi connectivity index (χ1) is 9.12. The zero-order chi connectivity index (χ0) is 13.7. The average molecular weight is 278 g/mol. The predicted octanol–water partition coefficient (Wildman–Crippen LogP) is 0.414. The maximum absolute atomic E-state index is 12.0. The molecule has 7 heteroatoms. The lowest BCUT2D eigenvalue weighted by atomic mass is 10.4. The first kappa shape index (κ1) is 13.6. The Bertz CT molecular complexity index is 627. The third-order valence-electron chi connectivity index (χ3n) is 2.49. The van der Waals surface area contributed by atoms with Crippen molar-refractivity contribution < 1.29 is 8.42 Å². The van der Waals surface area contributed by atoms with Gasteiger partial charge in [0, 0.05) is 18.9 Å². The molecule has 0 fully saturated rings. The standard InChI is InChI=1S/C12H14N4O2S/c13-7-10-4-5-12(9-15-10)19(17,18)16-8-11-3-1-2-6-14-11/h1-6,9,16H,7-8,13H2. The number of aromatic nitrogens is 2. The van der Waals surface area contributed by atoms with Crippen LogP contribution in [0.4, 0.5) is 0 Å². The van der Waals surface area contributed by atoms with Crippen molar-refractivity contribution in [2.24, 2.45) is 5.73 Å². The lowest BCUT2D eigenvalue weighted by Gasteiger charge is -2.06. The lowest BCUT2D eigenvalue weighted by Crippen LogP contribution is -2.24.